The van der Waals surface area contributed by atoms with E-state index in [2.05, 4.69) is 102 Å². The van der Waals surface area contributed by atoms with E-state index in [1.807, 2.05) is 6.92 Å². The molecule has 0 spiro atoms. The van der Waals surface area contributed by atoms with Gasteiger partial charge in [-0.3, -0.25) is 14.7 Å². The Morgan fingerprint density at radius 2 is 1.67 bits per heavy atom. The Balaban J connectivity index is 1.97. The van der Waals surface area contributed by atoms with Crippen LogP contribution in [-0.4, -0.2) is 86.8 Å². The van der Waals surface area contributed by atoms with Crippen LogP contribution in [0.1, 0.15) is 82.4 Å². The lowest BCUT2D eigenvalue weighted by Crippen LogP contribution is -2.67. The van der Waals surface area contributed by atoms with Gasteiger partial charge in [-0.2, -0.15) is 9.97 Å². The number of anilines is 1. The van der Waals surface area contributed by atoms with E-state index in [0.29, 0.717) is 17.8 Å². The minimum atomic E-state index is -3.13. The Labute approximate surface area is 289 Å². The molecule has 0 saturated carbocycles. The lowest BCUT2D eigenvalue weighted by Gasteiger charge is -2.51. The number of aromatic nitrogens is 4. The molecule has 268 valence electrons. The van der Waals surface area contributed by atoms with Crippen LogP contribution in [0.25, 0.3) is 11.2 Å². The average Bonchev–Trinajstić information content (AvgIpc) is 3.49. The van der Waals surface area contributed by atoms with Crippen molar-refractivity contribution in [2.24, 2.45) is 5.92 Å². The molecule has 4 rings (SSSR count). The summed E-state index contributed by atoms with van der Waals surface area (Å²) >= 11 is 0. The Kier molecular flexibility index (Phi) is 11.4. The molecular weight excluding hydrogens is 663 g/mol. The highest BCUT2D eigenvalue weighted by atomic mass is 28.5. The predicted molar refractivity (Wildman–Crippen MR) is 194 cm³/mol. The molecule has 2 fully saturated rings. The number of nitrogens with one attached hydrogen (secondary N) is 1. The van der Waals surface area contributed by atoms with E-state index >= 15 is 0 Å². The molecular formula is C33H57N5O7Si3. The summed E-state index contributed by atoms with van der Waals surface area (Å²) in [7, 11) is -8.00. The van der Waals surface area contributed by atoms with Crippen LogP contribution in [-0.2, 0) is 22.5 Å². The number of carbonyl (C=O) groups is 1. The van der Waals surface area contributed by atoms with Gasteiger partial charge in [0.2, 0.25) is 17.7 Å². The van der Waals surface area contributed by atoms with Gasteiger partial charge in [-0.05, 0) is 29.1 Å². The van der Waals surface area contributed by atoms with Gasteiger partial charge in [0.15, 0.2) is 23.0 Å². The van der Waals surface area contributed by atoms with Gasteiger partial charge >= 0.3 is 17.1 Å². The van der Waals surface area contributed by atoms with Gasteiger partial charge in [-0.1, -0.05) is 94.8 Å². The van der Waals surface area contributed by atoms with Gasteiger partial charge in [0.1, 0.15) is 20.3 Å². The summed E-state index contributed by atoms with van der Waals surface area (Å²) < 4.78 is 36.0. The van der Waals surface area contributed by atoms with Crippen LogP contribution in [0.15, 0.2) is 6.33 Å². The van der Waals surface area contributed by atoms with Crippen LogP contribution in [0.4, 0.5) is 5.95 Å². The van der Waals surface area contributed by atoms with Crippen molar-refractivity contribution in [3.63, 3.8) is 0 Å². The standard InChI is InChI=1S/C33H57N5O7Si3/c1-15-41-30-26-28(35-32(37-30)36-29(39)20(2)3)38(19-34-26)31-33(40,16-17-46(12,13)14)27-25(43-31)18-42-47(21(4)5,22(6)7)45-48(44-27,23(8)9)24(10)11/h19-25,27,31,40H,15,18H2,1-14H3,(H,35,36,37,39)/t25-,27-,31-,33+/m1/s1. The minimum Gasteiger partial charge on any atom is -0.476 e. The summed E-state index contributed by atoms with van der Waals surface area (Å²) in [6.45, 7) is 29.5. The molecule has 2 saturated heterocycles. The fourth-order valence-corrected chi connectivity index (χ4v) is 18.3. The molecule has 48 heavy (non-hydrogen) atoms. The average molecular weight is 720 g/mol. The minimum absolute atomic E-state index is 0.0418. The molecule has 12 nitrogen and oxygen atoms in total. The molecule has 0 radical (unpaired) electrons. The first-order chi connectivity index (χ1) is 22.2. The van der Waals surface area contributed by atoms with Gasteiger partial charge in [0.05, 0.1) is 19.5 Å². The van der Waals surface area contributed by atoms with Crippen LogP contribution in [0.5, 0.6) is 5.88 Å². The quantitative estimate of drug-likeness (QED) is 0.225. The molecule has 2 aromatic heterocycles. The first-order valence-corrected chi connectivity index (χ1v) is 24.8. The SMILES string of the molecule is CCOc1nc(NC(=O)C(C)C)nc2c1ncn2[C@@H]1O[C@@H]2CO[Si](C(C)C)(C(C)C)O[Si](C(C)C)(C(C)C)O[C@H]2[C@@]1(O)C#C[Si](C)(C)C. The number of rotatable bonds is 9. The first kappa shape index (κ1) is 38.6. The predicted octanol–water partition coefficient (Wildman–Crippen LogP) is 6.29. The lowest BCUT2D eigenvalue weighted by molar-refractivity contribution is -0.118. The van der Waals surface area contributed by atoms with Crippen molar-refractivity contribution in [2.45, 2.75) is 142 Å². The highest BCUT2D eigenvalue weighted by molar-refractivity contribution is 6.84. The fourth-order valence-electron chi connectivity index (χ4n) is 6.49. The smallest absolute Gasteiger partial charge is 0.335 e. The molecule has 4 heterocycles. The zero-order chi connectivity index (χ0) is 36.0. The van der Waals surface area contributed by atoms with Gasteiger partial charge in [-0.15, -0.1) is 5.54 Å². The van der Waals surface area contributed by atoms with Crippen molar-refractivity contribution >= 4 is 48.2 Å². The molecule has 2 N–H and O–H groups in total. The molecule has 0 unspecified atom stereocenters. The van der Waals surface area contributed by atoms with Crippen molar-refractivity contribution in [3.05, 3.63) is 6.33 Å². The molecule has 15 heteroatoms. The zero-order valence-corrected chi connectivity index (χ0v) is 34.3. The van der Waals surface area contributed by atoms with E-state index in [1.165, 1.54) is 0 Å². The number of hydrogen-bond acceptors (Lipinski definition) is 10. The van der Waals surface area contributed by atoms with Gasteiger partial charge in [0, 0.05) is 5.92 Å². The van der Waals surface area contributed by atoms with E-state index in [9.17, 15) is 9.90 Å². The van der Waals surface area contributed by atoms with Crippen LogP contribution < -0.4 is 10.1 Å². The maximum Gasteiger partial charge on any atom is 0.335 e. The number of fused-ring (bicyclic) bond motifs is 2. The summed E-state index contributed by atoms with van der Waals surface area (Å²) in [5.74, 6) is 3.02. The largest absolute Gasteiger partial charge is 0.476 e. The number of aliphatic hydroxyl groups is 1. The van der Waals surface area contributed by atoms with Crippen LogP contribution in [0.2, 0.25) is 41.8 Å². The number of nitrogens with zero attached hydrogens (tertiary/aromatic N) is 4. The number of hydrogen-bond donors (Lipinski definition) is 2. The summed E-state index contributed by atoms with van der Waals surface area (Å²) in [5, 5.41) is 15.8. The second kappa shape index (κ2) is 14.2. The maximum absolute atomic E-state index is 13.0. The number of ether oxygens (including phenoxy) is 2. The van der Waals surface area contributed by atoms with Crippen LogP contribution in [0.3, 0.4) is 0 Å². The Bertz CT molecular complexity index is 1520. The molecule has 0 bridgehead atoms. The summed E-state index contributed by atoms with van der Waals surface area (Å²) in [5.41, 5.74) is 2.65. The van der Waals surface area contributed by atoms with Gasteiger partial charge < -0.3 is 27.5 Å². The van der Waals surface area contributed by atoms with E-state index in [4.69, 9.17) is 27.4 Å². The third kappa shape index (κ3) is 7.18. The van der Waals surface area contributed by atoms with Crippen molar-refractivity contribution in [2.75, 3.05) is 18.5 Å². The fraction of sp³-hybridized carbons (Fsp3) is 0.758. The van der Waals surface area contributed by atoms with E-state index in [1.54, 1.807) is 24.7 Å². The molecule has 0 aromatic carbocycles. The molecule has 2 aliphatic heterocycles. The van der Waals surface area contributed by atoms with Crippen molar-refractivity contribution in [1.29, 1.82) is 0 Å². The summed E-state index contributed by atoms with van der Waals surface area (Å²) in [4.78, 5) is 26.4. The topological polar surface area (TPSA) is 139 Å². The number of amides is 1. The number of imidazole rings is 1. The van der Waals surface area contributed by atoms with Gasteiger partial charge in [0.25, 0.3) is 0 Å². The number of carbonyl (C=O) groups excluding carboxylic acids is 1. The third-order valence-corrected chi connectivity index (χ3v) is 20.2. The normalized spacial score (nSPS) is 25.7. The highest BCUT2D eigenvalue weighted by Gasteiger charge is 2.66. The molecule has 0 aliphatic carbocycles. The van der Waals surface area contributed by atoms with Crippen LogP contribution in [0, 0.1) is 17.4 Å². The maximum atomic E-state index is 13.0. The van der Waals surface area contributed by atoms with Crippen molar-refractivity contribution in [1.82, 2.24) is 19.5 Å². The highest BCUT2D eigenvalue weighted by Crippen LogP contribution is 2.51. The van der Waals surface area contributed by atoms with Crippen LogP contribution >= 0.6 is 0 Å². The molecule has 2 aromatic rings. The third-order valence-electron chi connectivity index (χ3n) is 9.09. The summed E-state index contributed by atoms with van der Waals surface area (Å²) in [6, 6.07) is 0. The van der Waals surface area contributed by atoms with Crippen molar-refractivity contribution in [3.8, 4) is 17.3 Å². The van der Waals surface area contributed by atoms with Crippen molar-refractivity contribution < 1.29 is 32.3 Å². The second-order valence-corrected chi connectivity index (χ2v) is 29.2. The molecule has 2 aliphatic rings. The van der Waals surface area contributed by atoms with E-state index < -0.39 is 49.2 Å². The second-order valence-electron chi connectivity index (χ2n) is 15.6. The zero-order valence-electron chi connectivity index (χ0n) is 31.3. The van der Waals surface area contributed by atoms with E-state index in [0.717, 1.165) is 0 Å². The Hall–Kier alpha value is -2.17. The summed E-state index contributed by atoms with van der Waals surface area (Å²) in [6.07, 6.45) is -1.09. The molecule has 4 atom stereocenters. The van der Waals surface area contributed by atoms with E-state index in [-0.39, 0.29) is 52.4 Å². The van der Waals surface area contributed by atoms with Gasteiger partial charge in [-0.25, -0.2) is 4.98 Å². The first-order valence-electron chi connectivity index (χ1n) is 17.3. The Morgan fingerprint density at radius 1 is 1.06 bits per heavy atom. The lowest BCUT2D eigenvalue weighted by atomic mass is 9.95. The Morgan fingerprint density at radius 3 is 2.19 bits per heavy atom. The monoisotopic (exact) mass is 719 g/mol. The molecule has 1 amide bonds.